The molecule has 0 spiro atoms. The summed E-state index contributed by atoms with van der Waals surface area (Å²) in [7, 11) is 0. The summed E-state index contributed by atoms with van der Waals surface area (Å²) in [5, 5.41) is 0. The minimum absolute atomic E-state index is 0.0778. The Morgan fingerprint density at radius 2 is 0.638 bits per heavy atom. The summed E-state index contributed by atoms with van der Waals surface area (Å²) < 4.78 is 16.7. The van der Waals surface area contributed by atoms with Crippen molar-refractivity contribution in [1.82, 2.24) is 0 Å². The molecule has 0 saturated heterocycles. The average Bonchev–Trinajstić information content (AvgIpc) is 3.22. The highest BCUT2D eigenvalue weighted by Crippen LogP contribution is 2.15. The van der Waals surface area contributed by atoms with Crippen molar-refractivity contribution in [2.24, 2.45) is 0 Å². The van der Waals surface area contributed by atoms with E-state index in [0.29, 0.717) is 19.3 Å². The molecule has 58 heavy (non-hydrogen) atoms. The quantitative estimate of drug-likeness (QED) is 0.0264. The number of unbranched alkanes of at least 4 members (excludes halogenated alkanes) is 28. The predicted molar refractivity (Wildman–Crippen MR) is 247 cm³/mol. The zero-order valence-corrected chi connectivity index (χ0v) is 38.6. The SMILES string of the molecule is CCCC/C=C\C/C=C\CCCCCCCC(=O)OC(COC(=O)CCCCCCC/C=C\CCCC)COC(=O)CCCCCCCCCCCCCCCCC. The first kappa shape index (κ1) is 55.6. The van der Waals surface area contributed by atoms with E-state index in [4.69, 9.17) is 14.2 Å². The van der Waals surface area contributed by atoms with Gasteiger partial charge in [0.25, 0.3) is 0 Å². The summed E-state index contributed by atoms with van der Waals surface area (Å²) in [6.45, 7) is 6.55. The van der Waals surface area contributed by atoms with Gasteiger partial charge in [-0.2, -0.15) is 0 Å². The summed E-state index contributed by atoms with van der Waals surface area (Å²) in [6, 6.07) is 0. The van der Waals surface area contributed by atoms with Crippen molar-refractivity contribution >= 4 is 17.9 Å². The third-order valence-corrected chi connectivity index (χ3v) is 10.9. The third-order valence-electron chi connectivity index (χ3n) is 10.9. The van der Waals surface area contributed by atoms with Crippen LogP contribution in [0.3, 0.4) is 0 Å². The lowest BCUT2D eigenvalue weighted by atomic mass is 10.0. The van der Waals surface area contributed by atoms with Crippen molar-refractivity contribution in [3.63, 3.8) is 0 Å². The molecule has 0 rings (SSSR count). The Bertz CT molecular complexity index is 984. The fourth-order valence-electron chi connectivity index (χ4n) is 7.03. The fraction of sp³-hybridized carbons (Fsp3) is 0.827. The molecule has 1 unspecified atom stereocenters. The van der Waals surface area contributed by atoms with E-state index in [9.17, 15) is 14.4 Å². The van der Waals surface area contributed by atoms with Gasteiger partial charge in [-0.05, 0) is 64.2 Å². The number of carbonyl (C=O) groups excluding carboxylic acids is 3. The number of ether oxygens (including phenoxy) is 3. The normalized spacial score (nSPS) is 12.3. The first-order valence-corrected chi connectivity index (χ1v) is 25.0. The maximum absolute atomic E-state index is 12.8. The van der Waals surface area contributed by atoms with Crippen LogP contribution in [0.2, 0.25) is 0 Å². The number of hydrogen-bond acceptors (Lipinski definition) is 6. The highest BCUT2D eigenvalue weighted by Gasteiger charge is 2.19. The Morgan fingerprint density at radius 3 is 1.02 bits per heavy atom. The molecular weight excluding hydrogens is 721 g/mol. The summed E-state index contributed by atoms with van der Waals surface area (Å²) in [4.78, 5) is 37.9. The van der Waals surface area contributed by atoms with Gasteiger partial charge in [0.2, 0.25) is 0 Å². The molecule has 0 aromatic carbocycles. The largest absolute Gasteiger partial charge is 0.462 e. The molecule has 0 fully saturated rings. The number of hydrogen-bond donors (Lipinski definition) is 0. The lowest BCUT2D eigenvalue weighted by Crippen LogP contribution is -2.30. The van der Waals surface area contributed by atoms with Crippen molar-refractivity contribution in [1.29, 1.82) is 0 Å². The maximum Gasteiger partial charge on any atom is 0.306 e. The van der Waals surface area contributed by atoms with Gasteiger partial charge < -0.3 is 14.2 Å². The molecule has 0 saturated carbocycles. The smallest absolute Gasteiger partial charge is 0.306 e. The van der Waals surface area contributed by atoms with Crippen LogP contribution in [0.5, 0.6) is 0 Å². The molecule has 0 heterocycles. The van der Waals surface area contributed by atoms with Crippen molar-refractivity contribution < 1.29 is 28.6 Å². The van der Waals surface area contributed by atoms with Crippen LogP contribution in [0.4, 0.5) is 0 Å². The summed E-state index contributed by atoms with van der Waals surface area (Å²) in [6.07, 6.45) is 54.1. The van der Waals surface area contributed by atoms with Gasteiger partial charge in [0, 0.05) is 19.3 Å². The molecule has 0 amide bonds. The maximum atomic E-state index is 12.8. The minimum Gasteiger partial charge on any atom is -0.462 e. The van der Waals surface area contributed by atoms with Gasteiger partial charge in [-0.3, -0.25) is 14.4 Å². The molecule has 0 bridgehead atoms. The lowest BCUT2D eigenvalue weighted by Gasteiger charge is -2.18. The van der Waals surface area contributed by atoms with E-state index in [1.165, 1.54) is 128 Å². The summed E-state index contributed by atoms with van der Waals surface area (Å²) in [5.41, 5.74) is 0. The van der Waals surface area contributed by atoms with Crippen LogP contribution in [-0.4, -0.2) is 37.2 Å². The van der Waals surface area contributed by atoms with E-state index in [0.717, 1.165) is 89.9 Å². The molecule has 338 valence electrons. The molecule has 0 aromatic rings. The second kappa shape index (κ2) is 47.3. The minimum atomic E-state index is -0.778. The van der Waals surface area contributed by atoms with Crippen LogP contribution in [0, 0.1) is 0 Å². The van der Waals surface area contributed by atoms with Crippen LogP contribution in [0.15, 0.2) is 36.5 Å². The van der Waals surface area contributed by atoms with E-state index < -0.39 is 6.10 Å². The van der Waals surface area contributed by atoms with Gasteiger partial charge in [-0.25, -0.2) is 0 Å². The van der Waals surface area contributed by atoms with Crippen molar-refractivity contribution in [2.75, 3.05) is 13.2 Å². The molecule has 0 radical (unpaired) electrons. The molecule has 6 nitrogen and oxygen atoms in total. The number of rotatable bonds is 45. The molecule has 0 aromatic heterocycles. The van der Waals surface area contributed by atoms with Gasteiger partial charge in [0.05, 0.1) is 0 Å². The second-order valence-electron chi connectivity index (χ2n) is 16.7. The van der Waals surface area contributed by atoms with E-state index in [2.05, 4.69) is 57.2 Å². The van der Waals surface area contributed by atoms with Crippen LogP contribution >= 0.6 is 0 Å². The van der Waals surface area contributed by atoms with Crippen LogP contribution in [0.25, 0.3) is 0 Å². The Balaban J connectivity index is 4.37. The summed E-state index contributed by atoms with van der Waals surface area (Å²) in [5.74, 6) is -0.895. The Kier molecular flexibility index (Phi) is 45.4. The van der Waals surface area contributed by atoms with Gasteiger partial charge >= 0.3 is 17.9 Å². The van der Waals surface area contributed by atoms with E-state index in [1.54, 1.807) is 0 Å². The first-order chi connectivity index (χ1) is 28.5. The van der Waals surface area contributed by atoms with Crippen molar-refractivity contribution in [3.05, 3.63) is 36.5 Å². The van der Waals surface area contributed by atoms with Crippen molar-refractivity contribution in [3.8, 4) is 0 Å². The highest BCUT2D eigenvalue weighted by molar-refractivity contribution is 5.71. The first-order valence-electron chi connectivity index (χ1n) is 25.0. The molecule has 0 N–H and O–H groups in total. The predicted octanol–water partition coefficient (Wildman–Crippen LogP) is 16.1. The lowest BCUT2D eigenvalue weighted by molar-refractivity contribution is -0.167. The van der Waals surface area contributed by atoms with E-state index in [1.807, 2.05) is 0 Å². The van der Waals surface area contributed by atoms with Crippen molar-refractivity contribution in [2.45, 2.75) is 264 Å². The summed E-state index contributed by atoms with van der Waals surface area (Å²) >= 11 is 0. The van der Waals surface area contributed by atoms with E-state index >= 15 is 0 Å². The van der Waals surface area contributed by atoms with Crippen LogP contribution < -0.4 is 0 Å². The van der Waals surface area contributed by atoms with E-state index in [-0.39, 0.29) is 31.1 Å². The molecule has 6 heteroatoms. The zero-order valence-electron chi connectivity index (χ0n) is 38.6. The fourth-order valence-corrected chi connectivity index (χ4v) is 7.03. The number of carbonyl (C=O) groups is 3. The average molecular weight is 815 g/mol. The molecule has 0 aliphatic carbocycles. The van der Waals surface area contributed by atoms with Gasteiger partial charge in [0.15, 0.2) is 6.10 Å². The zero-order chi connectivity index (χ0) is 42.3. The standard InChI is InChI=1S/C52H94O6/c1-4-7-10-13-16-19-22-24-26-28-30-33-36-39-42-45-51(54)57-48-49(47-56-50(53)44-41-38-35-32-29-21-18-15-12-9-6-3)58-52(55)46-43-40-37-34-31-27-25-23-20-17-14-11-8-5-2/h14-15,17-18,23,25,49H,4-13,16,19-22,24,26-48H2,1-3H3/b17-14-,18-15-,25-23-. The Morgan fingerprint density at radius 1 is 0.345 bits per heavy atom. The monoisotopic (exact) mass is 815 g/mol. The molecular formula is C52H94O6. The van der Waals surface area contributed by atoms with Crippen LogP contribution in [-0.2, 0) is 28.6 Å². The van der Waals surface area contributed by atoms with Gasteiger partial charge in [-0.15, -0.1) is 0 Å². The van der Waals surface area contributed by atoms with Gasteiger partial charge in [-0.1, -0.05) is 211 Å². The molecule has 1 atom stereocenters. The van der Waals surface area contributed by atoms with Crippen LogP contribution in [0.1, 0.15) is 258 Å². The van der Waals surface area contributed by atoms with Gasteiger partial charge in [0.1, 0.15) is 13.2 Å². The Hall–Kier alpha value is -2.37. The molecule has 0 aliphatic rings. The number of allylic oxidation sites excluding steroid dienone is 6. The highest BCUT2D eigenvalue weighted by atomic mass is 16.6. The molecule has 0 aliphatic heterocycles. The topological polar surface area (TPSA) is 78.9 Å². The second-order valence-corrected chi connectivity index (χ2v) is 16.7. The third kappa shape index (κ3) is 44.7. The Labute approximate surface area is 359 Å². The number of esters is 3.